The Kier molecular flexibility index (Phi) is 5.62. The van der Waals surface area contributed by atoms with Gasteiger partial charge in [0.2, 0.25) is 5.13 Å². The number of hydrogen-bond acceptors (Lipinski definition) is 8. The monoisotopic (exact) mass is 427 g/mol. The van der Waals surface area contributed by atoms with Crippen molar-refractivity contribution in [3.8, 4) is 5.75 Å². The van der Waals surface area contributed by atoms with Gasteiger partial charge in [0.1, 0.15) is 5.75 Å². The van der Waals surface area contributed by atoms with Gasteiger partial charge in [0.25, 0.3) is 5.72 Å². The van der Waals surface area contributed by atoms with E-state index in [1.165, 1.54) is 23.6 Å². The molecule has 0 bridgehead atoms. The highest BCUT2D eigenvalue weighted by molar-refractivity contribution is 7.14. The molecule has 1 aliphatic rings. The summed E-state index contributed by atoms with van der Waals surface area (Å²) < 4.78 is 45.6. The zero-order valence-corrected chi connectivity index (χ0v) is 15.9. The van der Waals surface area contributed by atoms with Gasteiger partial charge in [-0.2, -0.15) is 23.3 Å². The van der Waals surface area contributed by atoms with E-state index in [-0.39, 0.29) is 28.9 Å². The SMILES string of the molecule is CCOC(=O)c1csc(N2N=C(C=Cc3ccccc3O)CC2(O)C(F)(F)F)n1. The number of allylic oxidation sites excluding steroid dienone is 1. The molecule has 0 fully saturated rings. The number of thiazole rings is 1. The molecule has 0 radical (unpaired) electrons. The smallest absolute Gasteiger partial charge is 0.438 e. The van der Waals surface area contributed by atoms with Crippen molar-refractivity contribution in [2.75, 3.05) is 11.6 Å². The van der Waals surface area contributed by atoms with Crippen LogP contribution in [0.3, 0.4) is 0 Å². The first kappa shape index (κ1) is 20.8. The Morgan fingerprint density at radius 2 is 2.10 bits per heavy atom. The van der Waals surface area contributed by atoms with Gasteiger partial charge in [-0.15, -0.1) is 11.3 Å². The van der Waals surface area contributed by atoms with E-state index in [1.54, 1.807) is 25.1 Å². The van der Waals surface area contributed by atoms with Crippen LogP contribution < -0.4 is 5.01 Å². The third-order valence-corrected chi connectivity index (χ3v) is 4.83. The second-order valence-corrected chi connectivity index (χ2v) is 6.86. The van der Waals surface area contributed by atoms with Crippen molar-refractivity contribution in [1.29, 1.82) is 0 Å². The number of aromatic nitrogens is 1. The molecular formula is C18H16F3N3O4S. The van der Waals surface area contributed by atoms with Gasteiger partial charge in [-0.3, -0.25) is 0 Å². The van der Waals surface area contributed by atoms with Crippen molar-refractivity contribution < 1.29 is 32.9 Å². The number of esters is 1. The summed E-state index contributed by atoms with van der Waals surface area (Å²) in [4.78, 5) is 15.6. The normalized spacial score (nSPS) is 19.6. The summed E-state index contributed by atoms with van der Waals surface area (Å²) in [7, 11) is 0. The summed E-state index contributed by atoms with van der Waals surface area (Å²) >= 11 is 0.721. The number of benzene rings is 1. The number of phenols is 1. The van der Waals surface area contributed by atoms with E-state index >= 15 is 0 Å². The quantitative estimate of drug-likeness (QED) is 0.709. The largest absolute Gasteiger partial charge is 0.507 e. The summed E-state index contributed by atoms with van der Waals surface area (Å²) in [6.45, 7) is 1.67. The lowest BCUT2D eigenvalue weighted by Crippen LogP contribution is -2.55. The molecule has 2 aromatic rings. The van der Waals surface area contributed by atoms with Gasteiger partial charge in [0.15, 0.2) is 5.69 Å². The highest BCUT2D eigenvalue weighted by Crippen LogP contribution is 2.43. The first-order valence-electron chi connectivity index (χ1n) is 8.41. The van der Waals surface area contributed by atoms with E-state index in [9.17, 15) is 28.2 Å². The maximum atomic E-state index is 13.6. The van der Waals surface area contributed by atoms with Crippen molar-refractivity contribution in [3.63, 3.8) is 0 Å². The van der Waals surface area contributed by atoms with Crippen molar-refractivity contribution >= 4 is 34.2 Å². The van der Waals surface area contributed by atoms with E-state index in [0.29, 0.717) is 10.6 Å². The molecule has 29 heavy (non-hydrogen) atoms. The number of hydrogen-bond donors (Lipinski definition) is 2. The minimum atomic E-state index is -5.04. The van der Waals surface area contributed by atoms with Crippen molar-refractivity contribution in [2.24, 2.45) is 5.10 Å². The third kappa shape index (κ3) is 4.10. The van der Waals surface area contributed by atoms with Crippen LogP contribution in [-0.2, 0) is 4.74 Å². The first-order valence-corrected chi connectivity index (χ1v) is 9.29. The van der Waals surface area contributed by atoms with Crippen molar-refractivity contribution in [3.05, 3.63) is 47.0 Å². The third-order valence-electron chi connectivity index (χ3n) is 4.01. The van der Waals surface area contributed by atoms with Gasteiger partial charge in [-0.1, -0.05) is 18.2 Å². The fourth-order valence-corrected chi connectivity index (χ4v) is 3.37. The van der Waals surface area contributed by atoms with Gasteiger partial charge < -0.3 is 14.9 Å². The van der Waals surface area contributed by atoms with Crippen molar-refractivity contribution in [2.45, 2.75) is 25.2 Å². The lowest BCUT2D eigenvalue weighted by atomic mass is 10.1. The van der Waals surface area contributed by atoms with Crippen LogP contribution in [0.5, 0.6) is 5.75 Å². The summed E-state index contributed by atoms with van der Waals surface area (Å²) in [5, 5.41) is 25.3. The number of aromatic hydroxyl groups is 1. The van der Waals surface area contributed by atoms with Crippen LogP contribution in [0.4, 0.5) is 18.3 Å². The van der Waals surface area contributed by atoms with Crippen LogP contribution in [0.1, 0.15) is 29.4 Å². The Morgan fingerprint density at radius 3 is 2.76 bits per heavy atom. The van der Waals surface area contributed by atoms with E-state index in [0.717, 1.165) is 11.3 Å². The second kappa shape index (κ2) is 7.84. The summed E-state index contributed by atoms with van der Waals surface area (Å²) in [5.74, 6) is -0.835. The summed E-state index contributed by atoms with van der Waals surface area (Å²) in [6, 6.07) is 6.26. The molecule has 1 aliphatic heterocycles. The second-order valence-electron chi connectivity index (χ2n) is 6.02. The topological polar surface area (TPSA) is 95.2 Å². The number of carbonyl (C=O) groups excluding carboxylic acids is 1. The lowest BCUT2D eigenvalue weighted by molar-refractivity contribution is -0.254. The molecule has 0 saturated carbocycles. The molecule has 7 nitrogen and oxygen atoms in total. The van der Waals surface area contributed by atoms with E-state index in [2.05, 4.69) is 10.1 Å². The standard InChI is InChI=1S/C18H16F3N3O4S/c1-2-28-15(26)13-10-29-16(22-13)24-17(27,18(19,20)21)9-12(23-24)8-7-11-5-3-4-6-14(11)25/h3-8,10,25,27H,2,9H2,1H3. The number of para-hydroxylation sites is 1. The number of ether oxygens (including phenoxy) is 1. The van der Waals surface area contributed by atoms with Crippen LogP contribution in [0.15, 0.2) is 40.8 Å². The molecule has 1 aromatic heterocycles. The van der Waals surface area contributed by atoms with Gasteiger partial charge in [-0.05, 0) is 25.1 Å². The molecule has 2 N–H and O–H groups in total. The zero-order valence-electron chi connectivity index (χ0n) is 15.1. The average molecular weight is 427 g/mol. The number of rotatable bonds is 5. The number of carbonyl (C=O) groups is 1. The molecular weight excluding hydrogens is 411 g/mol. The molecule has 1 atom stereocenters. The Morgan fingerprint density at radius 1 is 1.38 bits per heavy atom. The summed E-state index contributed by atoms with van der Waals surface area (Å²) in [5.41, 5.74) is -3.20. The predicted molar refractivity (Wildman–Crippen MR) is 101 cm³/mol. The van der Waals surface area contributed by atoms with Crippen LogP contribution in [0.2, 0.25) is 0 Å². The number of halogens is 3. The zero-order chi connectivity index (χ0) is 21.2. The Balaban J connectivity index is 1.94. The van der Waals surface area contributed by atoms with E-state index < -0.39 is 24.3 Å². The maximum Gasteiger partial charge on any atom is 0.438 e. The van der Waals surface area contributed by atoms with E-state index in [1.807, 2.05) is 0 Å². The van der Waals surface area contributed by atoms with Gasteiger partial charge in [-0.25, -0.2) is 9.78 Å². The number of nitrogens with zero attached hydrogens (tertiary/aromatic N) is 3. The van der Waals surface area contributed by atoms with Crippen LogP contribution in [0, 0.1) is 0 Å². The molecule has 154 valence electrons. The Bertz CT molecular complexity index is 973. The highest BCUT2D eigenvalue weighted by atomic mass is 32.1. The average Bonchev–Trinajstić information content (AvgIpc) is 3.26. The van der Waals surface area contributed by atoms with E-state index in [4.69, 9.17) is 4.74 Å². The number of aliphatic hydroxyl groups is 1. The Labute approximate surface area is 167 Å². The molecule has 0 spiro atoms. The molecule has 2 heterocycles. The van der Waals surface area contributed by atoms with Crippen LogP contribution in [-0.4, -0.2) is 45.4 Å². The highest BCUT2D eigenvalue weighted by Gasteiger charge is 2.62. The first-order chi connectivity index (χ1) is 13.7. The molecule has 11 heteroatoms. The molecule has 0 amide bonds. The van der Waals surface area contributed by atoms with Gasteiger partial charge in [0, 0.05) is 10.9 Å². The fourth-order valence-electron chi connectivity index (χ4n) is 2.56. The molecule has 1 aromatic carbocycles. The minimum absolute atomic E-state index is 0.0516. The van der Waals surface area contributed by atoms with Crippen LogP contribution in [0.25, 0.3) is 6.08 Å². The number of anilines is 1. The molecule has 1 unspecified atom stereocenters. The lowest BCUT2D eigenvalue weighted by Gasteiger charge is -2.32. The summed E-state index contributed by atoms with van der Waals surface area (Å²) in [6.07, 6.45) is -3.24. The number of hydrazone groups is 1. The molecule has 0 saturated heterocycles. The molecule has 0 aliphatic carbocycles. The van der Waals surface area contributed by atoms with Gasteiger partial charge in [0.05, 0.1) is 18.7 Å². The number of alkyl halides is 3. The number of phenolic OH excluding ortho intramolecular Hbond substituents is 1. The Hall–Kier alpha value is -2.92. The van der Waals surface area contributed by atoms with Crippen molar-refractivity contribution in [1.82, 2.24) is 4.98 Å². The fraction of sp³-hybridized carbons (Fsp3) is 0.278. The minimum Gasteiger partial charge on any atom is -0.507 e. The predicted octanol–water partition coefficient (Wildman–Crippen LogP) is 3.56. The molecule has 3 rings (SSSR count). The van der Waals surface area contributed by atoms with Crippen LogP contribution >= 0.6 is 11.3 Å². The van der Waals surface area contributed by atoms with Gasteiger partial charge >= 0.3 is 12.1 Å². The maximum absolute atomic E-state index is 13.6.